The molecule has 1 amide bonds. The van der Waals surface area contributed by atoms with Crippen LogP contribution >= 0.6 is 0 Å². The number of benzene rings is 2. The van der Waals surface area contributed by atoms with Crippen LogP contribution in [0.2, 0.25) is 0 Å². The summed E-state index contributed by atoms with van der Waals surface area (Å²) in [6.07, 6.45) is 0.742. The van der Waals surface area contributed by atoms with Crippen molar-refractivity contribution in [2.75, 3.05) is 19.7 Å². The molecule has 4 nitrogen and oxygen atoms in total. The topological polar surface area (TPSA) is 53.7 Å². The Hall–Kier alpha value is -2.59. The minimum Gasteiger partial charge on any atom is -0.451 e. The van der Waals surface area contributed by atoms with Crippen LogP contribution in [0.5, 0.6) is 0 Å². The molecule has 1 N–H and O–H groups in total. The van der Waals surface area contributed by atoms with E-state index in [4.69, 9.17) is 4.42 Å². The van der Waals surface area contributed by atoms with Crippen molar-refractivity contribution in [3.63, 3.8) is 0 Å². The Morgan fingerprint density at radius 2 is 1.88 bits per heavy atom. The van der Waals surface area contributed by atoms with Crippen molar-refractivity contribution in [1.29, 1.82) is 0 Å². The molecule has 4 heteroatoms. The van der Waals surface area contributed by atoms with E-state index in [2.05, 4.69) is 0 Å². The van der Waals surface area contributed by atoms with E-state index in [0.29, 0.717) is 24.4 Å². The summed E-state index contributed by atoms with van der Waals surface area (Å²) in [7, 11) is 0. The summed E-state index contributed by atoms with van der Waals surface area (Å²) in [6.45, 7) is 2.77. The standard InChI is InChI=1S/C20H21NO3/c1-15-7-8-18-17(13-15)14-19(24-18)20(23)21(11-12-22)10-9-16-5-3-2-4-6-16/h2-8,13-14,22H,9-12H2,1H3. The zero-order valence-electron chi connectivity index (χ0n) is 13.7. The number of carbonyl (C=O) groups is 1. The van der Waals surface area contributed by atoms with Crippen molar-refractivity contribution in [3.8, 4) is 0 Å². The van der Waals surface area contributed by atoms with Crippen LogP contribution in [0.15, 0.2) is 59.0 Å². The van der Waals surface area contributed by atoms with E-state index in [1.165, 1.54) is 0 Å². The second-order valence-corrected chi connectivity index (χ2v) is 5.90. The lowest BCUT2D eigenvalue weighted by molar-refractivity contribution is 0.0694. The molecule has 0 aliphatic rings. The summed E-state index contributed by atoms with van der Waals surface area (Å²) < 4.78 is 5.69. The van der Waals surface area contributed by atoms with Crippen LogP contribution in [0.25, 0.3) is 11.0 Å². The van der Waals surface area contributed by atoms with Gasteiger partial charge in [0.1, 0.15) is 5.58 Å². The number of hydrogen-bond donors (Lipinski definition) is 1. The second kappa shape index (κ2) is 7.32. The summed E-state index contributed by atoms with van der Waals surface area (Å²) in [4.78, 5) is 14.4. The van der Waals surface area contributed by atoms with Crippen molar-refractivity contribution in [2.45, 2.75) is 13.3 Å². The average Bonchev–Trinajstić information content (AvgIpc) is 3.02. The van der Waals surface area contributed by atoms with Crippen LogP contribution in [0.4, 0.5) is 0 Å². The lowest BCUT2D eigenvalue weighted by atomic mass is 10.1. The molecule has 0 unspecified atom stereocenters. The van der Waals surface area contributed by atoms with Crippen LogP contribution in [0.3, 0.4) is 0 Å². The Morgan fingerprint density at radius 1 is 1.08 bits per heavy atom. The molecule has 0 bridgehead atoms. The SMILES string of the molecule is Cc1ccc2oc(C(=O)N(CCO)CCc3ccccc3)cc2c1. The number of aliphatic hydroxyl groups excluding tert-OH is 1. The first-order chi connectivity index (χ1) is 11.7. The third-order valence-corrected chi connectivity index (χ3v) is 4.05. The van der Waals surface area contributed by atoms with Crippen molar-refractivity contribution in [1.82, 2.24) is 4.90 Å². The maximum atomic E-state index is 12.7. The van der Waals surface area contributed by atoms with Gasteiger partial charge in [0.25, 0.3) is 5.91 Å². The molecule has 0 radical (unpaired) electrons. The molecule has 3 aromatic rings. The lowest BCUT2D eigenvalue weighted by Gasteiger charge is -2.20. The van der Waals surface area contributed by atoms with Gasteiger partial charge in [-0.2, -0.15) is 0 Å². The number of rotatable bonds is 6. The first-order valence-corrected chi connectivity index (χ1v) is 8.11. The molecule has 1 heterocycles. The first kappa shape index (κ1) is 16.3. The van der Waals surface area contributed by atoms with Crippen molar-refractivity contribution >= 4 is 16.9 Å². The first-order valence-electron chi connectivity index (χ1n) is 8.11. The predicted octanol–water partition coefficient (Wildman–Crippen LogP) is 3.42. The molecule has 0 fully saturated rings. The second-order valence-electron chi connectivity index (χ2n) is 5.90. The fraction of sp³-hybridized carbons (Fsp3) is 0.250. The van der Waals surface area contributed by atoms with Gasteiger partial charge in [-0.15, -0.1) is 0 Å². The number of amides is 1. The molecular formula is C20H21NO3. The summed E-state index contributed by atoms with van der Waals surface area (Å²) in [5.41, 5.74) is 2.99. The van der Waals surface area contributed by atoms with Gasteiger partial charge in [0.05, 0.1) is 6.61 Å². The van der Waals surface area contributed by atoms with E-state index in [9.17, 15) is 9.90 Å². The number of aliphatic hydroxyl groups is 1. The van der Waals surface area contributed by atoms with Crippen molar-refractivity contribution in [3.05, 3.63) is 71.5 Å². The Balaban J connectivity index is 1.77. The number of hydrogen-bond acceptors (Lipinski definition) is 3. The smallest absolute Gasteiger partial charge is 0.289 e. The molecule has 0 atom stereocenters. The Kier molecular flexibility index (Phi) is 4.96. The van der Waals surface area contributed by atoms with Crippen molar-refractivity contribution < 1.29 is 14.3 Å². The average molecular weight is 323 g/mol. The van der Waals surface area contributed by atoms with Gasteiger partial charge in [0, 0.05) is 18.5 Å². The monoisotopic (exact) mass is 323 g/mol. The summed E-state index contributed by atoms with van der Waals surface area (Å²) in [5.74, 6) is 0.131. The molecule has 0 saturated carbocycles. The normalized spacial score (nSPS) is 10.9. The molecule has 0 spiro atoms. The molecular weight excluding hydrogens is 302 g/mol. The van der Waals surface area contributed by atoms with Gasteiger partial charge in [0.15, 0.2) is 5.76 Å². The number of carbonyl (C=O) groups excluding carboxylic acids is 1. The summed E-state index contributed by atoms with van der Waals surface area (Å²) >= 11 is 0. The largest absolute Gasteiger partial charge is 0.451 e. The Bertz CT molecular complexity index is 823. The Labute approximate surface area is 141 Å². The van der Waals surface area contributed by atoms with Gasteiger partial charge in [-0.25, -0.2) is 0 Å². The minimum absolute atomic E-state index is 0.0696. The zero-order valence-corrected chi connectivity index (χ0v) is 13.7. The van der Waals surface area contributed by atoms with E-state index >= 15 is 0 Å². The molecule has 0 saturated heterocycles. The van der Waals surface area contributed by atoms with Gasteiger partial charge < -0.3 is 14.4 Å². The predicted molar refractivity (Wildman–Crippen MR) is 94.1 cm³/mol. The Morgan fingerprint density at radius 3 is 2.62 bits per heavy atom. The third kappa shape index (κ3) is 3.66. The summed E-state index contributed by atoms with van der Waals surface area (Å²) in [6, 6.07) is 17.6. The van der Waals surface area contributed by atoms with Crippen LogP contribution in [0.1, 0.15) is 21.7 Å². The maximum Gasteiger partial charge on any atom is 0.289 e. The highest BCUT2D eigenvalue weighted by molar-refractivity contribution is 5.96. The molecule has 24 heavy (non-hydrogen) atoms. The fourth-order valence-corrected chi connectivity index (χ4v) is 2.77. The van der Waals surface area contributed by atoms with Crippen LogP contribution < -0.4 is 0 Å². The van der Waals surface area contributed by atoms with Crippen LogP contribution in [-0.2, 0) is 6.42 Å². The van der Waals surface area contributed by atoms with Crippen LogP contribution in [0, 0.1) is 6.92 Å². The molecule has 1 aromatic heterocycles. The molecule has 0 aliphatic carbocycles. The van der Waals surface area contributed by atoms with Gasteiger partial charge in [-0.3, -0.25) is 4.79 Å². The number of aryl methyl sites for hydroxylation is 1. The quantitative estimate of drug-likeness (QED) is 0.756. The summed E-state index contributed by atoms with van der Waals surface area (Å²) in [5, 5.41) is 10.2. The molecule has 3 rings (SSSR count). The maximum absolute atomic E-state index is 12.7. The third-order valence-electron chi connectivity index (χ3n) is 4.05. The highest BCUT2D eigenvalue weighted by atomic mass is 16.3. The number of fused-ring (bicyclic) bond motifs is 1. The minimum atomic E-state index is -0.186. The lowest BCUT2D eigenvalue weighted by Crippen LogP contribution is -2.35. The number of furan rings is 1. The molecule has 2 aromatic carbocycles. The van der Waals surface area contributed by atoms with Gasteiger partial charge in [-0.05, 0) is 37.1 Å². The number of nitrogens with zero attached hydrogens (tertiary/aromatic N) is 1. The fourth-order valence-electron chi connectivity index (χ4n) is 2.77. The van der Waals surface area contributed by atoms with Crippen LogP contribution in [-0.4, -0.2) is 35.6 Å². The zero-order chi connectivity index (χ0) is 16.9. The molecule has 0 aliphatic heterocycles. The van der Waals surface area contributed by atoms with Gasteiger partial charge >= 0.3 is 0 Å². The van der Waals surface area contributed by atoms with E-state index < -0.39 is 0 Å². The van der Waals surface area contributed by atoms with Crippen molar-refractivity contribution in [2.24, 2.45) is 0 Å². The van der Waals surface area contributed by atoms with Gasteiger partial charge in [-0.1, -0.05) is 42.0 Å². The van der Waals surface area contributed by atoms with E-state index in [1.807, 2.05) is 55.5 Å². The van der Waals surface area contributed by atoms with E-state index in [-0.39, 0.29) is 12.5 Å². The highest BCUT2D eigenvalue weighted by Crippen LogP contribution is 2.21. The van der Waals surface area contributed by atoms with E-state index in [1.54, 1.807) is 11.0 Å². The van der Waals surface area contributed by atoms with Gasteiger partial charge in [0.2, 0.25) is 0 Å². The van der Waals surface area contributed by atoms with E-state index in [0.717, 1.165) is 22.9 Å². The highest BCUT2D eigenvalue weighted by Gasteiger charge is 2.19. The molecule has 124 valence electrons.